The average Bonchev–Trinajstić information content (AvgIpc) is 2.73. The number of rotatable bonds is 4. The number of benzene rings is 1. The summed E-state index contributed by atoms with van der Waals surface area (Å²) in [6, 6.07) is 11.8. The molecule has 1 saturated heterocycles. The molecule has 1 aromatic carbocycles. The predicted molar refractivity (Wildman–Crippen MR) is 107 cm³/mol. The minimum atomic E-state index is -0.00174. The number of aryl methyl sites for hydroxylation is 1. The lowest BCUT2D eigenvalue weighted by Crippen LogP contribution is -2.41. The van der Waals surface area contributed by atoms with E-state index in [9.17, 15) is 9.59 Å². The molecule has 0 saturated carbocycles. The molecule has 2 aliphatic rings. The van der Waals surface area contributed by atoms with Crippen molar-refractivity contribution < 1.29 is 14.3 Å². The van der Waals surface area contributed by atoms with Crippen molar-refractivity contribution in [2.24, 2.45) is 0 Å². The van der Waals surface area contributed by atoms with Crippen molar-refractivity contribution in [3.8, 4) is 5.75 Å². The molecule has 2 aromatic rings. The maximum atomic E-state index is 12.5. The van der Waals surface area contributed by atoms with E-state index in [0.717, 1.165) is 29.7 Å². The van der Waals surface area contributed by atoms with Gasteiger partial charge in [-0.3, -0.25) is 9.59 Å². The van der Waals surface area contributed by atoms with Gasteiger partial charge in [-0.1, -0.05) is 18.2 Å². The molecule has 28 heavy (non-hydrogen) atoms. The van der Waals surface area contributed by atoms with Gasteiger partial charge in [-0.2, -0.15) is 0 Å². The van der Waals surface area contributed by atoms with Gasteiger partial charge in [-0.25, -0.2) is 4.98 Å². The summed E-state index contributed by atoms with van der Waals surface area (Å²) in [7, 11) is 0. The number of hydrogen-bond acceptors (Lipinski definition) is 4. The molecule has 0 bridgehead atoms. The maximum absolute atomic E-state index is 12.5. The molecule has 0 spiro atoms. The van der Waals surface area contributed by atoms with Crippen LogP contribution in [0, 0.1) is 0 Å². The van der Waals surface area contributed by atoms with Crippen LogP contribution in [0.1, 0.15) is 30.4 Å². The lowest BCUT2D eigenvalue weighted by molar-refractivity contribution is -0.127. The summed E-state index contributed by atoms with van der Waals surface area (Å²) in [5.41, 5.74) is 1.87. The molecule has 4 rings (SSSR count). The van der Waals surface area contributed by atoms with E-state index < -0.39 is 0 Å². The number of nitrogens with one attached hydrogen (secondary N) is 1. The number of amides is 2. The molecule has 1 N–H and O–H groups in total. The van der Waals surface area contributed by atoms with Gasteiger partial charge in [0, 0.05) is 44.6 Å². The quantitative estimate of drug-likeness (QED) is 0.832. The second-order valence-corrected chi connectivity index (χ2v) is 7.11. The van der Waals surface area contributed by atoms with E-state index in [-0.39, 0.29) is 17.9 Å². The summed E-state index contributed by atoms with van der Waals surface area (Å²) in [5.74, 6) is 1.51. The van der Waals surface area contributed by atoms with Gasteiger partial charge in [0.1, 0.15) is 17.7 Å². The first-order valence-electron chi connectivity index (χ1n) is 9.65. The maximum Gasteiger partial charge on any atom is 0.246 e. The first-order valence-corrected chi connectivity index (χ1v) is 9.65. The molecule has 2 aliphatic heterocycles. The van der Waals surface area contributed by atoms with Gasteiger partial charge >= 0.3 is 0 Å². The summed E-state index contributed by atoms with van der Waals surface area (Å²) < 4.78 is 5.98. The Hall–Kier alpha value is -3.15. The van der Waals surface area contributed by atoms with E-state index in [1.54, 1.807) is 18.3 Å². The minimum absolute atomic E-state index is 0.00174. The first kappa shape index (κ1) is 18.2. The van der Waals surface area contributed by atoms with E-state index in [0.29, 0.717) is 31.7 Å². The lowest BCUT2D eigenvalue weighted by atomic mass is 10.0. The monoisotopic (exact) mass is 377 g/mol. The Morgan fingerprint density at radius 1 is 1.18 bits per heavy atom. The molecule has 6 heteroatoms. The van der Waals surface area contributed by atoms with E-state index in [1.807, 2.05) is 41.3 Å². The van der Waals surface area contributed by atoms with Crippen LogP contribution in [0.25, 0.3) is 6.08 Å². The highest BCUT2D eigenvalue weighted by Gasteiger charge is 2.23. The topological polar surface area (TPSA) is 71.5 Å². The molecule has 0 aliphatic carbocycles. The van der Waals surface area contributed by atoms with Crippen LogP contribution in [-0.2, 0) is 16.0 Å². The first-order chi connectivity index (χ1) is 13.7. The van der Waals surface area contributed by atoms with Gasteiger partial charge < -0.3 is 15.0 Å². The van der Waals surface area contributed by atoms with Crippen LogP contribution in [0.3, 0.4) is 0 Å². The summed E-state index contributed by atoms with van der Waals surface area (Å²) in [6.07, 6.45) is 8.02. The third-order valence-electron chi connectivity index (χ3n) is 5.08. The number of para-hydroxylation sites is 1. The lowest BCUT2D eigenvalue weighted by Gasteiger charge is -2.31. The number of likely N-dealkylation sites (tertiary alicyclic amines) is 1. The van der Waals surface area contributed by atoms with Gasteiger partial charge in [0.2, 0.25) is 11.8 Å². The molecule has 0 unspecified atom stereocenters. The fourth-order valence-corrected chi connectivity index (χ4v) is 3.52. The number of hydrogen-bond donors (Lipinski definition) is 1. The zero-order valence-corrected chi connectivity index (χ0v) is 15.6. The second kappa shape index (κ2) is 8.25. The van der Waals surface area contributed by atoms with Crippen LogP contribution >= 0.6 is 0 Å². The van der Waals surface area contributed by atoms with Gasteiger partial charge in [0.05, 0.1) is 0 Å². The Morgan fingerprint density at radius 2 is 1.96 bits per heavy atom. The highest BCUT2D eigenvalue weighted by molar-refractivity contribution is 5.93. The summed E-state index contributed by atoms with van der Waals surface area (Å²) >= 11 is 0. The Kier molecular flexibility index (Phi) is 5.37. The van der Waals surface area contributed by atoms with Crippen molar-refractivity contribution in [2.75, 3.05) is 18.4 Å². The standard InChI is InChI=1S/C22H23N3O3/c26-20-8-7-17-14-16(15-23-22(17)24-20)6-9-21(27)25-12-10-19(11-13-25)28-18-4-2-1-3-5-18/h1-6,9,14-15,19H,7-8,10-13H2,(H,23,24,26). The van der Waals surface area contributed by atoms with Crippen LogP contribution in [0.2, 0.25) is 0 Å². The van der Waals surface area contributed by atoms with Crippen LogP contribution in [-0.4, -0.2) is 40.9 Å². The van der Waals surface area contributed by atoms with Gasteiger partial charge in [0.15, 0.2) is 0 Å². The van der Waals surface area contributed by atoms with Crippen molar-refractivity contribution in [3.63, 3.8) is 0 Å². The van der Waals surface area contributed by atoms with Gasteiger partial charge in [-0.05, 0) is 41.8 Å². The number of pyridine rings is 1. The second-order valence-electron chi connectivity index (χ2n) is 7.11. The molecule has 1 fully saturated rings. The van der Waals surface area contributed by atoms with Gasteiger partial charge in [0.25, 0.3) is 0 Å². The van der Waals surface area contributed by atoms with Crippen molar-refractivity contribution in [2.45, 2.75) is 31.8 Å². The molecular formula is C22H23N3O3. The molecule has 3 heterocycles. The molecule has 1 aromatic heterocycles. The number of nitrogens with zero attached hydrogens (tertiary/aromatic N) is 2. The molecule has 6 nitrogen and oxygen atoms in total. The van der Waals surface area contributed by atoms with E-state index in [1.165, 1.54) is 0 Å². The van der Waals surface area contributed by atoms with E-state index >= 15 is 0 Å². The van der Waals surface area contributed by atoms with Crippen molar-refractivity contribution >= 4 is 23.7 Å². The smallest absolute Gasteiger partial charge is 0.246 e. The van der Waals surface area contributed by atoms with E-state index in [2.05, 4.69) is 10.3 Å². The van der Waals surface area contributed by atoms with Crippen LogP contribution in [0.15, 0.2) is 48.7 Å². The molecule has 0 radical (unpaired) electrons. The fourth-order valence-electron chi connectivity index (χ4n) is 3.52. The number of carbonyl (C=O) groups is 2. The number of aromatic nitrogens is 1. The van der Waals surface area contributed by atoms with Crippen molar-refractivity contribution in [3.05, 3.63) is 59.8 Å². The number of anilines is 1. The number of fused-ring (bicyclic) bond motifs is 1. The van der Waals surface area contributed by atoms with Crippen molar-refractivity contribution in [1.82, 2.24) is 9.88 Å². The summed E-state index contributed by atoms with van der Waals surface area (Å²) in [4.78, 5) is 30.0. The Morgan fingerprint density at radius 3 is 2.75 bits per heavy atom. The third kappa shape index (κ3) is 4.39. The fraction of sp³-hybridized carbons (Fsp3) is 0.318. The summed E-state index contributed by atoms with van der Waals surface area (Å²) in [5, 5.41) is 2.76. The number of piperidine rings is 1. The zero-order valence-electron chi connectivity index (χ0n) is 15.6. The SMILES string of the molecule is O=C1CCc2cc(C=CC(=O)N3CCC(Oc4ccccc4)CC3)cnc2N1. The Balaban J connectivity index is 1.30. The average molecular weight is 377 g/mol. The van der Waals surface area contributed by atoms with Gasteiger partial charge in [-0.15, -0.1) is 0 Å². The molecule has 144 valence electrons. The zero-order chi connectivity index (χ0) is 19.3. The number of ether oxygens (including phenoxy) is 1. The highest BCUT2D eigenvalue weighted by atomic mass is 16.5. The third-order valence-corrected chi connectivity index (χ3v) is 5.08. The Bertz CT molecular complexity index is 887. The normalized spacial score (nSPS) is 17.3. The Labute approximate surface area is 164 Å². The minimum Gasteiger partial charge on any atom is -0.490 e. The largest absolute Gasteiger partial charge is 0.490 e. The molecule has 2 amide bonds. The van der Waals surface area contributed by atoms with Crippen LogP contribution in [0.5, 0.6) is 5.75 Å². The van der Waals surface area contributed by atoms with Crippen LogP contribution in [0.4, 0.5) is 5.82 Å². The summed E-state index contributed by atoms with van der Waals surface area (Å²) in [6.45, 7) is 1.38. The number of carbonyl (C=O) groups excluding carboxylic acids is 2. The van der Waals surface area contributed by atoms with Crippen molar-refractivity contribution in [1.29, 1.82) is 0 Å². The molecule has 0 atom stereocenters. The predicted octanol–water partition coefficient (Wildman–Crippen LogP) is 3.05. The van der Waals surface area contributed by atoms with E-state index in [4.69, 9.17) is 4.74 Å². The molecular weight excluding hydrogens is 354 g/mol. The highest BCUT2D eigenvalue weighted by Crippen LogP contribution is 2.22. The van der Waals surface area contributed by atoms with Crippen LogP contribution < -0.4 is 10.1 Å².